The summed E-state index contributed by atoms with van der Waals surface area (Å²) < 4.78 is 6.05. The predicted molar refractivity (Wildman–Crippen MR) is 119 cm³/mol. The first kappa shape index (κ1) is 19.6. The lowest BCUT2D eigenvalue weighted by Gasteiger charge is -2.28. The van der Waals surface area contributed by atoms with E-state index in [0.29, 0.717) is 22.9 Å². The van der Waals surface area contributed by atoms with Gasteiger partial charge in [-0.2, -0.15) is 5.26 Å². The Morgan fingerprint density at radius 1 is 1.06 bits per heavy atom. The Labute approximate surface area is 183 Å². The molecule has 1 aliphatic heterocycles. The van der Waals surface area contributed by atoms with Crippen LogP contribution in [0.25, 0.3) is 22.2 Å². The minimum absolute atomic E-state index is 0.00817. The van der Waals surface area contributed by atoms with E-state index in [-0.39, 0.29) is 11.8 Å². The fourth-order valence-corrected chi connectivity index (χ4v) is 3.31. The zero-order chi connectivity index (χ0) is 21.9. The number of benzene rings is 1. The maximum atomic E-state index is 12.9. The van der Waals surface area contributed by atoms with E-state index >= 15 is 0 Å². The van der Waals surface area contributed by atoms with Gasteiger partial charge in [0.05, 0.1) is 11.6 Å². The molecule has 0 bridgehead atoms. The van der Waals surface area contributed by atoms with E-state index in [1.807, 2.05) is 30.3 Å². The van der Waals surface area contributed by atoms with Crippen molar-refractivity contribution in [2.45, 2.75) is 6.10 Å². The minimum atomic E-state index is -0.393. The molecule has 1 aromatic carbocycles. The average molecular weight is 422 g/mol. The Morgan fingerprint density at radius 3 is 2.66 bits per heavy atom. The number of pyridine rings is 3. The number of aromatic nitrogens is 3. The summed E-state index contributed by atoms with van der Waals surface area (Å²) >= 11 is 0. The quantitative estimate of drug-likeness (QED) is 0.508. The number of hydrogen-bond acceptors (Lipinski definition) is 7. The Kier molecular flexibility index (Phi) is 5.15. The van der Waals surface area contributed by atoms with Gasteiger partial charge in [0, 0.05) is 30.2 Å². The third-order valence-electron chi connectivity index (χ3n) is 5.15. The molecule has 32 heavy (non-hydrogen) atoms. The summed E-state index contributed by atoms with van der Waals surface area (Å²) in [4.78, 5) is 26.0. The molecule has 5 rings (SSSR count). The minimum Gasteiger partial charge on any atom is -0.471 e. The molecule has 3 aromatic heterocycles. The van der Waals surface area contributed by atoms with Crippen molar-refractivity contribution in [3.8, 4) is 23.1 Å². The van der Waals surface area contributed by atoms with Crippen LogP contribution >= 0.6 is 0 Å². The highest BCUT2D eigenvalue weighted by molar-refractivity contribution is 6.03. The van der Waals surface area contributed by atoms with Gasteiger partial charge >= 0.3 is 0 Å². The van der Waals surface area contributed by atoms with Crippen LogP contribution in [0.2, 0.25) is 0 Å². The summed E-state index contributed by atoms with van der Waals surface area (Å²) in [5.74, 6) is 0.377. The van der Waals surface area contributed by atoms with Crippen LogP contribution in [0.3, 0.4) is 0 Å². The molecular weight excluding hydrogens is 404 g/mol. The Morgan fingerprint density at radius 2 is 1.91 bits per heavy atom. The monoisotopic (exact) mass is 422 g/mol. The van der Waals surface area contributed by atoms with Gasteiger partial charge in [-0.3, -0.25) is 4.79 Å². The summed E-state index contributed by atoms with van der Waals surface area (Å²) in [5.41, 5.74) is 2.95. The summed E-state index contributed by atoms with van der Waals surface area (Å²) in [7, 11) is 0. The second-order valence-electron chi connectivity index (χ2n) is 7.34. The lowest BCUT2D eigenvalue weighted by Crippen LogP contribution is -2.50. The van der Waals surface area contributed by atoms with Crippen LogP contribution < -0.4 is 15.4 Å². The van der Waals surface area contributed by atoms with Crippen LogP contribution in [0.5, 0.6) is 5.88 Å². The molecule has 0 unspecified atom stereocenters. The molecule has 0 spiro atoms. The SMILES string of the molecule is N#Cc1ccc(-c2ccc(C(=O)Nc3ccc4cccnc4n3)nc2OC2CNC2)cc1. The van der Waals surface area contributed by atoms with Crippen molar-refractivity contribution >= 4 is 22.8 Å². The summed E-state index contributed by atoms with van der Waals surface area (Å²) in [5, 5.41) is 15.9. The van der Waals surface area contributed by atoms with E-state index in [1.54, 1.807) is 36.5 Å². The van der Waals surface area contributed by atoms with Gasteiger partial charge in [0.25, 0.3) is 5.91 Å². The lowest BCUT2D eigenvalue weighted by atomic mass is 10.0. The average Bonchev–Trinajstić information content (AvgIpc) is 2.81. The van der Waals surface area contributed by atoms with Gasteiger partial charge in [-0.25, -0.2) is 15.0 Å². The lowest BCUT2D eigenvalue weighted by molar-refractivity contribution is 0.101. The molecule has 2 N–H and O–H groups in total. The third kappa shape index (κ3) is 3.97. The van der Waals surface area contributed by atoms with Crippen LogP contribution in [0.1, 0.15) is 16.1 Å². The fourth-order valence-electron chi connectivity index (χ4n) is 3.31. The molecule has 1 amide bonds. The number of carbonyl (C=O) groups is 1. The Balaban J connectivity index is 1.44. The second-order valence-corrected chi connectivity index (χ2v) is 7.34. The molecule has 0 atom stereocenters. The molecule has 0 saturated carbocycles. The number of nitrogens with one attached hydrogen (secondary N) is 2. The molecule has 8 heteroatoms. The van der Waals surface area contributed by atoms with E-state index in [0.717, 1.165) is 29.6 Å². The highest BCUT2D eigenvalue weighted by Gasteiger charge is 2.22. The van der Waals surface area contributed by atoms with Crippen molar-refractivity contribution in [3.63, 3.8) is 0 Å². The molecule has 1 aliphatic rings. The molecule has 4 heterocycles. The summed E-state index contributed by atoms with van der Waals surface area (Å²) in [6.07, 6.45) is 1.65. The van der Waals surface area contributed by atoms with Crippen molar-refractivity contribution in [1.29, 1.82) is 5.26 Å². The highest BCUT2D eigenvalue weighted by atomic mass is 16.5. The smallest absolute Gasteiger partial charge is 0.275 e. The first-order valence-corrected chi connectivity index (χ1v) is 10.1. The number of nitriles is 1. The van der Waals surface area contributed by atoms with Gasteiger partial charge in [0.2, 0.25) is 5.88 Å². The van der Waals surface area contributed by atoms with Crippen molar-refractivity contribution in [1.82, 2.24) is 20.3 Å². The number of amides is 1. The largest absolute Gasteiger partial charge is 0.471 e. The maximum Gasteiger partial charge on any atom is 0.275 e. The van der Waals surface area contributed by atoms with Crippen molar-refractivity contribution in [2.75, 3.05) is 18.4 Å². The third-order valence-corrected chi connectivity index (χ3v) is 5.15. The zero-order valence-corrected chi connectivity index (χ0v) is 16.9. The molecule has 156 valence electrons. The molecule has 1 fully saturated rings. The van der Waals surface area contributed by atoms with Crippen LogP contribution in [0.15, 0.2) is 66.9 Å². The van der Waals surface area contributed by atoms with Crippen LogP contribution in [0.4, 0.5) is 5.82 Å². The number of carbonyl (C=O) groups excluding carboxylic acids is 1. The molecule has 4 aromatic rings. The van der Waals surface area contributed by atoms with Crippen molar-refractivity contribution in [3.05, 3.63) is 78.1 Å². The van der Waals surface area contributed by atoms with Gasteiger partial charge in [0.1, 0.15) is 17.6 Å². The molecule has 0 radical (unpaired) electrons. The normalized spacial score (nSPS) is 13.2. The van der Waals surface area contributed by atoms with Gasteiger partial charge in [-0.15, -0.1) is 0 Å². The molecule has 8 nitrogen and oxygen atoms in total. The van der Waals surface area contributed by atoms with E-state index in [4.69, 9.17) is 10.00 Å². The number of anilines is 1. The zero-order valence-electron chi connectivity index (χ0n) is 16.9. The fraction of sp³-hybridized carbons (Fsp3) is 0.125. The molecule has 1 saturated heterocycles. The number of ether oxygens (including phenoxy) is 1. The van der Waals surface area contributed by atoms with E-state index in [1.165, 1.54) is 0 Å². The number of nitrogens with zero attached hydrogens (tertiary/aromatic N) is 4. The van der Waals surface area contributed by atoms with Gasteiger partial charge < -0.3 is 15.4 Å². The van der Waals surface area contributed by atoms with Gasteiger partial charge in [0.15, 0.2) is 5.65 Å². The van der Waals surface area contributed by atoms with Crippen LogP contribution in [-0.2, 0) is 0 Å². The van der Waals surface area contributed by atoms with E-state index in [2.05, 4.69) is 31.7 Å². The standard InChI is InChI=1S/C24H18N6O2/c25-12-15-3-5-16(6-4-15)19-8-9-20(28-24(19)32-18-13-26-14-18)23(31)30-21-10-7-17-2-1-11-27-22(17)29-21/h1-11,18,26H,13-14H2,(H,27,29,30,31). The highest BCUT2D eigenvalue weighted by Crippen LogP contribution is 2.30. The van der Waals surface area contributed by atoms with Crippen LogP contribution in [0, 0.1) is 11.3 Å². The van der Waals surface area contributed by atoms with Crippen molar-refractivity contribution in [2.24, 2.45) is 0 Å². The maximum absolute atomic E-state index is 12.9. The summed E-state index contributed by atoms with van der Waals surface area (Å²) in [6, 6.07) is 20.0. The van der Waals surface area contributed by atoms with E-state index in [9.17, 15) is 4.79 Å². The topological polar surface area (TPSA) is 113 Å². The number of rotatable bonds is 5. The van der Waals surface area contributed by atoms with E-state index < -0.39 is 5.91 Å². The summed E-state index contributed by atoms with van der Waals surface area (Å²) in [6.45, 7) is 1.44. The van der Waals surface area contributed by atoms with Gasteiger partial charge in [-0.1, -0.05) is 12.1 Å². The number of fused-ring (bicyclic) bond motifs is 1. The Hall–Kier alpha value is -4.35. The number of hydrogen-bond donors (Lipinski definition) is 2. The molecule has 0 aliphatic carbocycles. The van der Waals surface area contributed by atoms with Crippen LogP contribution in [-0.4, -0.2) is 40.1 Å². The first-order valence-electron chi connectivity index (χ1n) is 10.1. The van der Waals surface area contributed by atoms with Crippen molar-refractivity contribution < 1.29 is 9.53 Å². The van der Waals surface area contributed by atoms with Gasteiger partial charge in [-0.05, 0) is 54.1 Å². The molecular formula is C24H18N6O2. The first-order chi connectivity index (χ1) is 15.7. The predicted octanol–water partition coefficient (Wildman–Crippen LogP) is 3.17. The second kappa shape index (κ2) is 8.41. The Bertz CT molecular complexity index is 1340.